The summed E-state index contributed by atoms with van der Waals surface area (Å²) in [6.45, 7) is 9.61. The molecule has 0 atom stereocenters. The van der Waals surface area contributed by atoms with Crippen molar-refractivity contribution in [2.45, 2.75) is 38.5 Å². The van der Waals surface area contributed by atoms with Gasteiger partial charge in [0.05, 0.1) is 0 Å². The molecule has 92 heavy (non-hydrogen) atoms. The largest absolute Gasteiger partial charge is 0.310 e. The Morgan fingerprint density at radius 1 is 0.239 bits per heavy atom. The Morgan fingerprint density at radius 2 is 0.576 bits per heavy atom. The Labute approximate surface area is 545 Å². The van der Waals surface area contributed by atoms with Crippen LogP contribution in [0, 0.1) is 0 Å². The molecule has 16 aromatic rings. The third-order valence-electron chi connectivity index (χ3n) is 19.5. The first-order valence-electron chi connectivity index (χ1n) is 31.9. The minimum atomic E-state index is -0.149. The standard InChI is InChI=1S/C45H33NS.C43H31NS/c1-45(2)40-29-36(25-26-37(40)38-27-28-42-43(44(38)45)39-15-9-10-16-41(39)47-42)46(34-21-17-32(18-22-34)30-11-5-3-6-12-30)35-23-19-33(20-24-35)31-13-7-4-8-14-31;1-43(2)38-27-34(22-23-35(38)36-24-25-40-41(42(36)43)37-14-8-9-15-39(37)45-40)44(32-12-4-3-5-13-32)33-20-18-29(19-21-33)31-17-16-28-10-6-7-11-30(28)26-31/h3-29H,1-2H3;3-27H,1-2H3. The van der Waals surface area contributed by atoms with Crippen molar-refractivity contribution in [1.29, 1.82) is 0 Å². The Bertz CT molecular complexity index is 5410. The predicted octanol–water partition coefficient (Wildman–Crippen LogP) is 25.8. The van der Waals surface area contributed by atoms with Crippen LogP contribution >= 0.6 is 22.7 Å². The van der Waals surface area contributed by atoms with Crippen LogP contribution < -0.4 is 9.80 Å². The van der Waals surface area contributed by atoms with Crippen LogP contribution in [0.1, 0.15) is 49.9 Å². The highest BCUT2D eigenvalue weighted by Crippen LogP contribution is 2.57. The van der Waals surface area contributed by atoms with Crippen molar-refractivity contribution in [2.24, 2.45) is 0 Å². The fraction of sp³-hybridized carbons (Fsp3) is 0.0682. The SMILES string of the molecule is CC1(C)c2cc(N(c3ccc(-c4ccccc4)cc3)c3ccc(-c4ccccc4)cc3)ccc2-c2ccc3sc4ccccc4c3c21.CC1(C)c2cc(N(c3ccccc3)c3ccc(-c4ccc5ccccc5c4)cc3)ccc2-c2ccc3sc4ccccc4c3c21. The molecule has 0 unspecified atom stereocenters. The van der Waals surface area contributed by atoms with Crippen LogP contribution in [-0.2, 0) is 10.8 Å². The average Bonchev–Trinajstić information content (AvgIpc) is 1.56. The predicted molar refractivity (Wildman–Crippen MR) is 397 cm³/mol. The van der Waals surface area contributed by atoms with Gasteiger partial charge in [0.15, 0.2) is 0 Å². The molecule has 2 aromatic heterocycles. The lowest BCUT2D eigenvalue weighted by atomic mass is 9.80. The van der Waals surface area contributed by atoms with E-state index in [4.69, 9.17) is 0 Å². The van der Waals surface area contributed by atoms with Gasteiger partial charge in [0.25, 0.3) is 0 Å². The normalized spacial score (nSPS) is 13.2. The number of rotatable bonds is 9. The van der Waals surface area contributed by atoms with Gasteiger partial charge in [-0.2, -0.15) is 0 Å². The third kappa shape index (κ3) is 9.27. The summed E-state index contributed by atoms with van der Waals surface area (Å²) in [6, 6.07) is 115. The summed E-state index contributed by atoms with van der Waals surface area (Å²) in [5, 5.41) is 8.09. The summed E-state index contributed by atoms with van der Waals surface area (Å²) in [7, 11) is 0. The Balaban J connectivity index is 0.000000141. The molecule has 0 saturated heterocycles. The van der Waals surface area contributed by atoms with E-state index >= 15 is 0 Å². The summed E-state index contributed by atoms with van der Waals surface area (Å²) in [4.78, 5) is 4.79. The van der Waals surface area contributed by atoms with E-state index in [0.717, 1.165) is 28.4 Å². The smallest absolute Gasteiger partial charge is 0.0465 e. The van der Waals surface area contributed by atoms with Crippen LogP contribution in [0.5, 0.6) is 0 Å². The molecule has 0 spiro atoms. The van der Waals surface area contributed by atoms with Crippen molar-refractivity contribution in [3.63, 3.8) is 0 Å². The number of anilines is 6. The van der Waals surface area contributed by atoms with E-state index in [0.29, 0.717) is 0 Å². The molecular formula is C88H64N2S2. The van der Waals surface area contributed by atoms with Crippen LogP contribution in [0.15, 0.2) is 315 Å². The van der Waals surface area contributed by atoms with Gasteiger partial charge < -0.3 is 9.80 Å². The van der Waals surface area contributed by atoms with Crippen LogP contribution in [0.3, 0.4) is 0 Å². The maximum Gasteiger partial charge on any atom is 0.0465 e. The van der Waals surface area contributed by atoms with Crippen molar-refractivity contribution in [2.75, 3.05) is 9.80 Å². The lowest BCUT2D eigenvalue weighted by Gasteiger charge is -2.28. The highest BCUT2D eigenvalue weighted by Gasteiger charge is 2.40. The topological polar surface area (TPSA) is 6.48 Å². The molecule has 0 saturated carbocycles. The summed E-state index contributed by atoms with van der Waals surface area (Å²) >= 11 is 3.80. The minimum absolute atomic E-state index is 0.133. The van der Waals surface area contributed by atoms with Gasteiger partial charge >= 0.3 is 0 Å². The molecule has 18 rings (SSSR count). The molecule has 0 bridgehead atoms. The van der Waals surface area contributed by atoms with Crippen molar-refractivity contribution in [3.8, 4) is 55.6 Å². The Hall–Kier alpha value is -10.6. The second-order valence-corrected chi connectivity index (χ2v) is 27.7. The number of thiophene rings is 2. The van der Waals surface area contributed by atoms with E-state index in [1.807, 2.05) is 22.7 Å². The summed E-state index contributed by atoms with van der Waals surface area (Å²) in [5.74, 6) is 0. The van der Waals surface area contributed by atoms with Crippen LogP contribution in [0.25, 0.3) is 107 Å². The van der Waals surface area contributed by atoms with E-state index in [1.54, 1.807) is 0 Å². The zero-order valence-electron chi connectivity index (χ0n) is 51.7. The van der Waals surface area contributed by atoms with Crippen LogP contribution in [0.4, 0.5) is 34.1 Å². The second-order valence-electron chi connectivity index (χ2n) is 25.6. The highest BCUT2D eigenvalue weighted by atomic mass is 32.1. The lowest BCUT2D eigenvalue weighted by Crippen LogP contribution is -2.17. The van der Waals surface area contributed by atoms with E-state index in [2.05, 4.69) is 353 Å². The van der Waals surface area contributed by atoms with Crippen LogP contribution in [-0.4, -0.2) is 0 Å². The molecule has 0 amide bonds. The summed E-state index contributed by atoms with van der Waals surface area (Å²) in [6.07, 6.45) is 0. The van der Waals surface area contributed by atoms with Gasteiger partial charge in [0.2, 0.25) is 0 Å². The molecular weight excluding hydrogens is 1150 g/mol. The Morgan fingerprint density at radius 3 is 1.03 bits per heavy atom. The maximum atomic E-state index is 2.44. The quantitative estimate of drug-likeness (QED) is 0.142. The van der Waals surface area contributed by atoms with Gasteiger partial charge in [-0.05, 0) is 192 Å². The number of para-hydroxylation sites is 1. The zero-order valence-corrected chi connectivity index (χ0v) is 53.4. The second kappa shape index (κ2) is 22.1. The first-order chi connectivity index (χ1) is 45.1. The molecule has 2 nitrogen and oxygen atoms in total. The third-order valence-corrected chi connectivity index (χ3v) is 21.7. The first-order valence-corrected chi connectivity index (χ1v) is 33.5. The number of nitrogens with zero attached hydrogens (tertiary/aromatic N) is 2. The maximum absolute atomic E-state index is 2.44. The number of hydrogen-bond donors (Lipinski definition) is 0. The van der Waals surface area contributed by atoms with Gasteiger partial charge in [-0.1, -0.05) is 240 Å². The molecule has 0 fully saturated rings. The van der Waals surface area contributed by atoms with Crippen LogP contribution in [0.2, 0.25) is 0 Å². The van der Waals surface area contributed by atoms with Gasteiger partial charge in [-0.3, -0.25) is 0 Å². The van der Waals surface area contributed by atoms with Gasteiger partial charge in [0, 0.05) is 85.3 Å². The monoisotopic (exact) mass is 1210 g/mol. The highest BCUT2D eigenvalue weighted by molar-refractivity contribution is 7.26. The summed E-state index contributed by atoms with van der Waals surface area (Å²) < 4.78 is 5.45. The first kappa shape index (κ1) is 55.4. The molecule has 0 aliphatic heterocycles. The van der Waals surface area contributed by atoms with Crippen molar-refractivity contribution >= 4 is 108 Å². The fourth-order valence-electron chi connectivity index (χ4n) is 15.0. The Kier molecular flexibility index (Phi) is 13.3. The van der Waals surface area contributed by atoms with E-state index in [-0.39, 0.29) is 10.8 Å². The molecule has 4 heteroatoms. The molecule has 438 valence electrons. The van der Waals surface area contributed by atoms with Gasteiger partial charge in [-0.15, -0.1) is 22.7 Å². The van der Waals surface area contributed by atoms with Crippen molar-refractivity contribution < 1.29 is 0 Å². The van der Waals surface area contributed by atoms with E-state index in [1.165, 1.54) is 135 Å². The van der Waals surface area contributed by atoms with Crippen molar-refractivity contribution in [3.05, 3.63) is 338 Å². The van der Waals surface area contributed by atoms with E-state index < -0.39 is 0 Å². The number of benzene rings is 14. The molecule has 2 heterocycles. The summed E-state index contributed by atoms with van der Waals surface area (Å²) in [5.41, 5.74) is 25.0. The molecule has 14 aromatic carbocycles. The molecule has 2 aliphatic carbocycles. The minimum Gasteiger partial charge on any atom is -0.310 e. The van der Waals surface area contributed by atoms with E-state index in [9.17, 15) is 0 Å². The molecule has 2 aliphatic rings. The fourth-order valence-corrected chi connectivity index (χ4v) is 17.2. The lowest BCUT2D eigenvalue weighted by molar-refractivity contribution is 0.666. The number of hydrogen-bond acceptors (Lipinski definition) is 4. The molecule has 0 N–H and O–H groups in total. The van der Waals surface area contributed by atoms with Crippen molar-refractivity contribution in [1.82, 2.24) is 0 Å². The van der Waals surface area contributed by atoms with Gasteiger partial charge in [0.1, 0.15) is 0 Å². The molecule has 0 radical (unpaired) electrons. The number of fused-ring (bicyclic) bond motifs is 15. The van der Waals surface area contributed by atoms with Gasteiger partial charge in [-0.25, -0.2) is 0 Å². The zero-order chi connectivity index (χ0) is 61.7. The average molecular weight is 1210 g/mol.